The maximum Gasteiger partial charge on any atom is 0.0667 e. The van der Waals surface area contributed by atoms with Gasteiger partial charge in [0.05, 0.1) is 6.10 Å². The molecule has 0 aromatic rings. The molecular weight excluding hydrogens is 164 g/mol. The van der Waals surface area contributed by atoms with Gasteiger partial charge in [0.15, 0.2) is 0 Å². The number of hydrogen-bond donors (Lipinski definition) is 2. The first-order valence-electron chi connectivity index (χ1n) is 4.78. The highest BCUT2D eigenvalue weighted by Crippen LogP contribution is 1.86. The predicted octanol–water partition coefficient (Wildman–Crippen LogP) is 0.775. The zero-order valence-corrected chi connectivity index (χ0v) is 8.97. The molecule has 2 N–H and O–H groups in total. The summed E-state index contributed by atoms with van der Waals surface area (Å²) in [7, 11) is 1.73. The Bertz CT molecular complexity index is 128. The van der Waals surface area contributed by atoms with E-state index >= 15 is 0 Å². The smallest absolute Gasteiger partial charge is 0.0667 e. The fourth-order valence-corrected chi connectivity index (χ4v) is 0.925. The second-order valence-electron chi connectivity index (χ2n) is 3.30. The number of rotatable bonds is 8. The summed E-state index contributed by atoms with van der Waals surface area (Å²) in [6.45, 7) is 10.6. The lowest BCUT2D eigenvalue weighted by Crippen LogP contribution is -2.39. The molecule has 2 atom stereocenters. The van der Waals surface area contributed by atoms with Crippen molar-refractivity contribution in [2.45, 2.75) is 26.0 Å². The fourth-order valence-electron chi connectivity index (χ4n) is 0.925. The van der Waals surface area contributed by atoms with Crippen LogP contribution < -0.4 is 10.6 Å². The first kappa shape index (κ1) is 12.6. The van der Waals surface area contributed by atoms with Gasteiger partial charge in [-0.3, -0.25) is 0 Å². The second kappa shape index (κ2) is 8.23. The van der Waals surface area contributed by atoms with E-state index in [0.29, 0.717) is 6.04 Å². The molecule has 0 saturated carbocycles. The van der Waals surface area contributed by atoms with Gasteiger partial charge in [-0.05, 0) is 13.8 Å². The van der Waals surface area contributed by atoms with E-state index in [9.17, 15) is 0 Å². The third-order valence-corrected chi connectivity index (χ3v) is 1.90. The first-order valence-corrected chi connectivity index (χ1v) is 4.78. The van der Waals surface area contributed by atoms with Crippen molar-refractivity contribution in [3.63, 3.8) is 0 Å². The van der Waals surface area contributed by atoms with Gasteiger partial charge in [-0.15, -0.1) is 6.58 Å². The topological polar surface area (TPSA) is 33.3 Å². The van der Waals surface area contributed by atoms with Crippen LogP contribution in [-0.2, 0) is 4.74 Å². The molecule has 0 amide bonds. The van der Waals surface area contributed by atoms with Crippen molar-refractivity contribution in [2.24, 2.45) is 0 Å². The molecule has 0 aliphatic rings. The van der Waals surface area contributed by atoms with Crippen LogP contribution in [0, 0.1) is 0 Å². The lowest BCUT2D eigenvalue weighted by Gasteiger charge is -2.16. The van der Waals surface area contributed by atoms with Crippen LogP contribution in [0.2, 0.25) is 0 Å². The molecule has 0 radical (unpaired) electrons. The molecule has 78 valence electrons. The quantitative estimate of drug-likeness (QED) is 0.434. The van der Waals surface area contributed by atoms with Crippen LogP contribution in [0.5, 0.6) is 0 Å². The van der Waals surface area contributed by atoms with Crippen molar-refractivity contribution in [1.29, 1.82) is 0 Å². The second-order valence-corrected chi connectivity index (χ2v) is 3.30. The summed E-state index contributed by atoms with van der Waals surface area (Å²) in [4.78, 5) is 0. The van der Waals surface area contributed by atoms with Crippen molar-refractivity contribution in [3.05, 3.63) is 12.7 Å². The molecule has 0 aromatic heterocycles. The maximum absolute atomic E-state index is 5.13. The summed E-state index contributed by atoms with van der Waals surface area (Å²) < 4.78 is 5.13. The third-order valence-electron chi connectivity index (χ3n) is 1.90. The van der Waals surface area contributed by atoms with Crippen LogP contribution >= 0.6 is 0 Å². The largest absolute Gasteiger partial charge is 0.380 e. The molecular formula is C10H22N2O. The zero-order valence-electron chi connectivity index (χ0n) is 8.97. The van der Waals surface area contributed by atoms with Gasteiger partial charge in [0, 0.05) is 32.8 Å². The van der Waals surface area contributed by atoms with Gasteiger partial charge in [0.25, 0.3) is 0 Å². The Morgan fingerprint density at radius 2 is 2.08 bits per heavy atom. The number of nitrogens with one attached hydrogen (secondary N) is 2. The molecule has 0 aromatic carbocycles. The Hall–Kier alpha value is -0.380. The molecule has 13 heavy (non-hydrogen) atoms. The van der Waals surface area contributed by atoms with Crippen LogP contribution in [0.1, 0.15) is 13.8 Å². The lowest BCUT2D eigenvalue weighted by atomic mass is 10.3. The Kier molecular flexibility index (Phi) is 7.99. The van der Waals surface area contributed by atoms with Gasteiger partial charge in [0.2, 0.25) is 0 Å². The summed E-state index contributed by atoms with van der Waals surface area (Å²) in [6, 6.07) is 0.470. The molecule has 3 heteroatoms. The van der Waals surface area contributed by atoms with Crippen LogP contribution in [0.4, 0.5) is 0 Å². The van der Waals surface area contributed by atoms with E-state index in [-0.39, 0.29) is 6.10 Å². The van der Waals surface area contributed by atoms with Gasteiger partial charge in [0.1, 0.15) is 0 Å². The lowest BCUT2D eigenvalue weighted by molar-refractivity contribution is 0.115. The first-order chi connectivity index (χ1) is 6.20. The summed E-state index contributed by atoms with van der Waals surface area (Å²) in [5, 5.41) is 6.63. The molecule has 0 fully saturated rings. The average Bonchev–Trinajstić information content (AvgIpc) is 2.14. The summed E-state index contributed by atoms with van der Waals surface area (Å²) in [5.74, 6) is 0. The van der Waals surface area contributed by atoms with Crippen molar-refractivity contribution in [1.82, 2.24) is 10.6 Å². The van der Waals surface area contributed by atoms with Crippen LogP contribution in [0.25, 0.3) is 0 Å². The fraction of sp³-hybridized carbons (Fsp3) is 0.800. The molecule has 0 aliphatic heterocycles. The summed E-state index contributed by atoms with van der Waals surface area (Å²) in [6.07, 6.45) is 2.15. The molecule has 0 spiro atoms. The van der Waals surface area contributed by atoms with Crippen molar-refractivity contribution in [3.8, 4) is 0 Å². The van der Waals surface area contributed by atoms with E-state index < -0.39 is 0 Å². The molecule has 3 nitrogen and oxygen atoms in total. The highest BCUT2D eigenvalue weighted by molar-refractivity contribution is 4.72. The van der Waals surface area contributed by atoms with Crippen LogP contribution in [-0.4, -0.2) is 38.9 Å². The Labute approximate surface area is 81.5 Å². The molecule has 0 rings (SSSR count). The highest BCUT2D eigenvalue weighted by Gasteiger charge is 2.02. The molecule has 0 aliphatic carbocycles. The standard InChI is InChI=1S/C10H22N2O/c1-5-6-11-7-9(2)12-8-10(3)13-4/h5,9-12H,1,6-8H2,2-4H3. The van der Waals surface area contributed by atoms with Gasteiger partial charge in [-0.2, -0.15) is 0 Å². The number of methoxy groups -OCH3 is 1. The predicted molar refractivity (Wildman–Crippen MR) is 57.0 cm³/mol. The Balaban J connectivity index is 3.28. The molecule has 0 bridgehead atoms. The van der Waals surface area contributed by atoms with Gasteiger partial charge >= 0.3 is 0 Å². The SMILES string of the molecule is C=CCNCC(C)NCC(C)OC. The minimum Gasteiger partial charge on any atom is -0.380 e. The Morgan fingerprint density at radius 1 is 1.38 bits per heavy atom. The normalized spacial score (nSPS) is 15.3. The third kappa shape index (κ3) is 7.96. The van der Waals surface area contributed by atoms with Gasteiger partial charge in [-0.1, -0.05) is 6.08 Å². The van der Waals surface area contributed by atoms with Crippen molar-refractivity contribution < 1.29 is 4.74 Å². The maximum atomic E-state index is 5.13. The minimum atomic E-state index is 0.279. The van der Waals surface area contributed by atoms with Gasteiger partial charge in [-0.25, -0.2) is 0 Å². The molecule has 0 heterocycles. The number of hydrogen-bond acceptors (Lipinski definition) is 3. The van der Waals surface area contributed by atoms with E-state index in [1.165, 1.54) is 0 Å². The van der Waals surface area contributed by atoms with E-state index in [2.05, 4.69) is 31.1 Å². The summed E-state index contributed by atoms with van der Waals surface area (Å²) in [5.41, 5.74) is 0. The molecule has 0 saturated heterocycles. The van der Waals surface area contributed by atoms with Gasteiger partial charge < -0.3 is 15.4 Å². The Morgan fingerprint density at radius 3 is 2.62 bits per heavy atom. The van der Waals surface area contributed by atoms with E-state index in [0.717, 1.165) is 19.6 Å². The van der Waals surface area contributed by atoms with Crippen LogP contribution in [0.3, 0.4) is 0 Å². The average molecular weight is 186 g/mol. The van der Waals surface area contributed by atoms with E-state index in [1.54, 1.807) is 7.11 Å². The summed E-state index contributed by atoms with van der Waals surface area (Å²) >= 11 is 0. The van der Waals surface area contributed by atoms with E-state index in [4.69, 9.17) is 4.74 Å². The molecule has 2 unspecified atom stereocenters. The minimum absolute atomic E-state index is 0.279. The monoisotopic (exact) mass is 186 g/mol. The zero-order chi connectivity index (χ0) is 10.1. The van der Waals surface area contributed by atoms with Crippen molar-refractivity contribution >= 4 is 0 Å². The van der Waals surface area contributed by atoms with E-state index in [1.807, 2.05) is 6.08 Å². The van der Waals surface area contributed by atoms with Crippen molar-refractivity contribution in [2.75, 3.05) is 26.7 Å². The highest BCUT2D eigenvalue weighted by atomic mass is 16.5. The number of ether oxygens (including phenoxy) is 1. The van der Waals surface area contributed by atoms with Crippen LogP contribution in [0.15, 0.2) is 12.7 Å².